The Morgan fingerprint density at radius 2 is 1.19 bits per heavy atom. The first-order valence-electron chi connectivity index (χ1n) is 15.3. The van der Waals surface area contributed by atoms with Gasteiger partial charge >= 0.3 is 0 Å². The molecule has 3 fully saturated rings. The minimum Gasteiger partial charge on any atom is -0.200 e. The second-order valence-corrected chi connectivity index (χ2v) is 12.4. The molecule has 1 nitrogen and oxygen atoms in total. The van der Waals surface area contributed by atoms with Crippen molar-refractivity contribution >= 4 is 10.8 Å². The molecule has 3 aromatic rings. The predicted octanol–water partition coefficient (Wildman–Crippen LogP) is 9.78. The molecular formula is C35H46N+. The molecular weight excluding hydrogens is 434 g/mol. The summed E-state index contributed by atoms with van der Waals surface area (Å²) in [7, 11) is 2.26. The Morgan fingerprint density at radius 1 is 0.611 bits per heavy atom. The van der Waals surface area contributed by atoms with E-state index in [0.29, 0.717) is 0 Å². The Balaban J connectivity index is 1.49. The van der Waals surface area contributed by atoms with Crippen LogP contribution < -0.4 is 4.57 Å². The van der Waals surface area contributed by atoms with Crippen LogP contribution in [0.3, 0.4) is 0 Å². The molecule has 36 heavy (non-hydrogen) atoms. The van der Waals surface area contributed by atoms with Gasteiger partial charge < -0.3 is 0 Å². The maximum absolute atomic E-state index is 2.66. The van der Waals surface area contributed by atoms with Crippen LogP contribution in [0.15, 0.2) is 42.6 Å². The zero-order valence-corrected chi connectivity index (χ0v) is 22.8. The van der Waals surface area contributed by atoms with E-state index in [9.17, 15) is 0 Å². The highest BCUT2D eigenvalue weighted by molar-refractivity contribution is 5.94. The first kappa shape index (κ1) is 24.2. The SMILES string of the molecule is Cc1c(-c2c3ccc(C4CCCCC4)cc3cc[n+]2C)cc(C2CCCCC2)cc1C1CCCCC1. The molecule has 190 valence electrons. The molecule has 3 saturated carbocycles. The normalized spacial score (nSPS) is 20.7. The van der Waals surface area contributed by atoms with Crippen LogP contribution >= 0.6 is 0 Å². The van der Waals surface area contributed by atoms with Gasteiger partial charge in [0, 0.05) is 6.07 Å². The van der Waals surface area contributed by atoms with Crippen LogP contribution in [0.1, 0.15) is 136 Å². The smallest absolute Gasteiger partial charge is 0.200 e. The number of benzene rings is 2. The van der Waals surface area contributed by atoms with Crippen molar-refractivity contribution in [2.24, 2.45) is 7.05 Å². The van der Waals surface area contributed by atoms with E-state index >= 15 is 0 Å². The lowest BCUT2D eigenvalue weighted by atomic mass is 9.76. The molecule has 1 aromatic heterocycles. The zero-order chi connectivity index (χ0) is 24.5. The third-order valence-corrected chi connectivity index (χ3v) is 10.1. The summed E-state index contributed by atoms with van der Waals surface area (Å²) in [6.07, 6.45) is 23.2. The van der Waals surface area contributed by atoms with Gasteiger partial charge in [-0.1, -0.05) is 76.0 Å². The van der Waals surface area contributed by atoms with E-state index in [1.54, 1.807) is 22.3 Å². The largest absolute Gasteiger partial charge is 0.220 e. The van der Waals surface area contributed by atoms with Crippen molar-refractivity contribution in [3.8, 4) is 11.3 Å². The number of aromatic nitrogens is 1. The van der Waals surface area contributed by atoms with Crippen LogP contribution in [-0.4, -0.2) is 0 Å². The number of pyridine rings is 1. The van der Waals surface area contributed by atoms with Gasteiger partial charge in [-0.05, 0) is 103 Å². The maximum Gasteiger partial charge on any atom is 0.220 e. The lowest BCUT2D eigenvalue weighted by Gasteiger charge is -2.28. The molecule has 0 amide bonds. The summed E-state index contributed by atoms with van der Waals surface area (Å²) in [5.41, 5.74) is 9.33. The van der Waals surface area contributed by atoms with Crippen LogP contribution in [-0.2, 0) is 7.05 Å². The van der Waals surface area contributed by atoms with Crippen molar-refractivity contribution in [1.82, 2.24) is 0 Å². The van der Waals surface area contributed by atoms with Crippen LogP contribution in [0, 0.1) is 6.92 Å². The number of rotatable bonds is 4. The quantitative estimate of drug-likeness (QED) is 0.327. The Hall–Kier alpha value is -2.15. The standard InChI is InChI=1S/C35H46N/c1-25-33(28-16-10-5-11-17-28)23-31(27-14-8-4-9-15-27)24-34(25)35-32-19-18-29(26-12-6-3-7-13-26)22-30(32)20-21-36(35)2/h18-24,26-28H,3-17H2,1-2H3/q+1. The molecule has 1 heterocycles. The molecule has 0 unspecified atom stereocenters. The summed E-state index contributed by atoms with van der Waals surface area (Å²) in [5, 5.41) is 2.85. The van der Waals surface area contributed by atoms with Crippen molar-refractivity contribution in [3.63, 3.8) is 0 Å². The topological polar surface area (TPSA) is 3.88 Å². The minimum atomic E-state index is 0.749. The molecule has 2 aromatic carbocycles. The molecule has 3 aliphatic carbocycles. The van der Waals surface area contributed by atoms with E-state index in [1.165, 1.54) is 118 Å². The highest BCUT2D eigenvalue weighted by atomic mass is 14.9. The van der Waals surface area contributed by atoms with Crippen molar-refractivity contribution in [2.45, 2.75) is 121 Å². The molecule has 1 heteroatoms. The maximum atomic E-state index is 2.66. The Bertz CT molecular complexity index is 1200. The third-order valence-electron chi connectivity index (χ3n) is 10.1. The van der Waals surface area contributed by atoms with Crippen molar-refractivity contribution < 1.29 is 4.57 Å². The van der Waals surface area contributed by atoms with Gasteiger partial charge in [0.05, 0.1) is 10.9 Å². The van der Waals surface area contributed by atoms with E-state index in [2.05, 4.69) is 61.1 Å². The fraction of sp³-hybridized carbons (Fsp3) is 0.571. The summed E-state index contributed by atoms with van der Waals surface area (Å²) in [6, 6.07) is 15.1. The third kappa shape index (κ3) is 4.75. The molecule has 6 rings (SSSR count). The lowest BCUT2D eigenvalue weighted by Crippen LogP contribution is -2.31. The van der Waals surface area contributed by atoms with Gasteiger partial charge in [0.1, 0.15) is 7.05 Å². The van der Waals surface area contributed by atoms with Crippen molar-refractivity contribution in [2.75, 3.05) is 0 Å². The fourth-order valence-corrected chi connectivity index (χ4v) is 7.93. The van der Waals surface area contributed by atoms with Crippen LogP contribution in [0.5, 0.6) is 0 Å². The van der Waals surface area contributed by atoms with Gasteiger partial charge in [0.15, 0.2) is 6.20 Å². The van der Waals surface area contributed by atoms with Gasteiger partial charge in [-0.15, -0.1) is 0 Å². The molecule has 0 radical (unpaired) electrons. The van der Waals surface area contributed by atoms with E-state index in [1.807, 2.05) is 0 Å². The van der Waals surface area contributed by atoms with Gasteiger partial charge in [-0.3, -0.25) is 0 Å². The van der Waals surface area contributed by atoms with Gasteiger partial charge in [0.25, 0.3) is 0 Å². The average Bonchev–Trinajstić information content (AvgIpc) is 2.95. The first-order chi connectivity index (χ1) is 17.7. The summed E-state index contributed by atoms with van der Waals surface area (Å²) in [4.78, 5) is 0. The second kappa shape index (κ2) is 10.7. The summed E-state index contributed by atoms with van der Waals surface area (Å²) >= 11 is 0. The van der Waals surface area contributed by atoms with Crippen LogP contribution in [0.25, 0.3) is 22.0 Å². The monoisotopic (exact) mass is 480 g/mol. The first-order valence-corrected chi connectivity index (χ1v) is 15.3. The highest BCUT2D eigenvalue weighted by Gasteiger charge is 2.27. The minimum absolute atomic E-state index is 0.749. The Kier molecular flexibility index (Phi) is 7.18. The van der Waals surface area contributed by atoms with Gasteiger partial charge in [-0.25, -0.2) is 4.57 Å². The molecule has 0 N–H and O–H groups in total. The summed E-state index contributed by atoms with van der Waals surface area (Å²) in [5.74, 6) is 2.26. The molecule has 0 saturated heterocycles. The summed E-state index contributed by atoms with van der Waals surface area (Å²) in [6.45, 7) is 2.43. The zero-order valence-electron chi connectivity index (χ0n) is 22.8. The molecule has 0 aliphatic heterocycles. The van der Waals surface area contributed by atoms with Gasteiger partial charge in [-0.2, -0.15) is 0 Å². The van der Waals surface area contributed by atoms with E-state index in [-0.39, 0.29) is 0 Å². The number of fused-ring (bicyclic) bond motifs is 1. The highest BCUT2D eigenvalue weighted by Crippen LogP contribution is 2.43. The summed E-state index contributed by atoms with van der Waals surface area (Å²) < 4.78 is 2.40. The number of aryl methyl sites for hydroxylation is 1. The Morgan fingerprint density at radius 3 is 1.83 bits per heavy atom. The van der Waals surface area contributed by atoms with Crippen LogP contribution in [0.4, 0.5) is 0 Å². The van der Waals surface area contributed by atoms with Crippen LogP contribution in [0.2, 0.25) is 0 Å². The molecule has 3 aliphatic rings. The fourth-order valence-electron chi connectivity index (χ4n) is 7.93. The number of nitrogens with zero attached hydrogens (tertiary/aromatic N) is 1. The molecule has 0 bridgehead atoms. The Labute approximate surface area is 219 Å². The second-order valence-electron chi connectivity index (χ2n) is 12.4. The number of hydrogen-bond donors (Lipinski definition) is 0. The van der Waals surface area contributed by atoms with E-state index in [0.717, 1.165) is 17.8 Å². The van der Waals surface area contributed by atoms with Gasteiger partial charge in [0.2, 0.25) is 5.69 Å². The van der Waals surface area contributed by atoms with E-state index in [4.69, 9.17) is 0 Å². The lowest BCUT2D eigenvalue weighted by molar-refractivity contribution is -0.659. The number of hydrogen-bond acceptors (Lipinski definition) is 0. The van der Waals surface area contributed by atoms with Crippen molar-refractivity contribution in [3.05, 3.63) is 64.8 Å². The predicted molar refractivity (Wildman–Crippen MR) is 153 cm³/mol. The average molecular weight is 481 g/mol. The molecule has 0 spiro atoms. The van der Waals surface area contributed by atoms with Crippen molar-refractivity contribution in [1.29, 1.82) is 0 Å². The molecule has 0 atom stereocenters. The van der Waals surface area contributed by atoms with E-state index < -0.39 is 0 Å².